The number of nitrogens with zero attached hydrogens (tertiary/aromatic N) is 6. The van der Waals surface area contributed by atoms with Crippen LogP contribution in [0.5, 0.6) is 17.4 Å². The van der Waals surface area contributed by atoms with Gasteiger partial charge in [-0.05, 0) is 57.6 Å². The quantitative estimate of drug-likeness (QED) is 0.519. The molecule has 0 amide bonds. The molecule has 198 valence electrons. The SMILES string of the molecule is C[C@@]12CCC[C@@H](C[C@H](N(c3cnc(-c4ccc(-c5cc6c(nn5)OCCO6)cc4O)nn3)C3CC3)[C@@H]1F)N2. The lowest BCUT2D eigenvalue weighted by atomic mass is 9.73. The van der Waals surface area contributed by atoms with E-state index in [9.17, 15) is 5.11 Å². The first-order chi connectivity index (χ1) is 18.5. The van der Waals surface area contributed by atoms with Gasteiger partial charge < -0.3 is 24.8 Å². The third-order valence-electron chi connectivity index (χ3n) is 8.21. The summed E-state index contributed by atoms with van der Waals surface area (Å²) >= 11 is 0. The summed E-state index contributed by atoms with van der Waals surface area (Å²) in [5.41, 5.74) is 1.16. The van der Waals surface area contributed by atoms with Crippen molar-refractivity contribution in [1.82, 2.24) is 30.7 Å². The number of anilines is 1. The number of aromatic nitrogens is 5. The van der Waals surface area contributed by atoms with Crippen LogP contribution in [0.25, 0.3) is 22.6 Å². The summed E-state index contributed by atoms with van der Waals surface area (Å²) < 4.78 is 26.9. The molecule has 1 aliphatic carbocycles. The molecule has 3 fully saturated rings. The highest BCUT2D eigenvalue weighted by molar-refractivity contribution is 5.72. The van der Waals surface area contributed by atoms with E-state index in [4.69, 9.17) is 9.47 Å². The van der Waals surface area contributed by atoms with Crippen molar-refractivity contribution in [3.63, 3.8) is 0 Å². The lowest BCUT2D eigenvalue weighted by molar-refractivity contribution is 0.0385. The third kappa shape index (κ3) is 4.09. The number of halogens is 1. The highest BCUT2D eigenvalue weighted by atomic mass is 19.1. The molecule has 0 spiro atoms. The maximum Gasteiger partial charge on any atom is 0.276 e. The Bertz CT molecular complexity index is 1350. The van der Waals surface area contributed by atoms with E-state index in [1.54, 1.807) is 24.4 Å². The van der Waals surface area contributed by atoms with Crippen molar-refractivity contribution in [2.45, 2.75) is 75.3 Å². The van der Waals surface area contributed by atoms with Gasteiger partial charge in [-0.1, -0.05) is 6.07 Å². The highest BCUT2D eigenvalue weighted by Gasteiger charge is 2.52. The second-order valence-corrected chi connectivity index (χ2v) is 11.0. The Kier molecular flexibility index (Phi) is 5.57. The van der Waals surface area contributed by atoms with Crippen LogP contribution in [0.3, 0.4) is 0 Å². The summed E-state index contributed by atoms with van der Waals surface area (Å²) in [7, 11) is 0. The van der Waals surface area contributed by atoms with Crippen LogP contribution in [0.15, 0.2) is 30.5 Å². The number of fused-ring (bicyclic) bond motifs is 3. The molecule has 2 N–H and O–H groups in total. The molecule has 0 radical (unpaired) electrons. The van der Waals surface area contributed by atoms with E-state index < -0.39 is 11.7 Å². The summed E-state index contributed by atoms with van der Waals surface area (Å²) in [6.07, 6.45) is 6.43. The first-order valence-corrected chi connectivity index (χ1v) is 13.4. The van der Waals surface area contributed by atoms with E-state index >= 15 is 4.39 Å². The summed E-state index contributed by atoms with van der Waals surface area (Å²) in [4.78, 5) is 6.65. The molecule has 38 heavy (non-hydrogen) atoms. The van der Waals surface area contributed by atoms with Gasteiger partial charge >= 0.3 is 0 Å². The first kappa shape index (κ1) is 23.5. The molecule has 10 nitrogen and oxygen atoms in total. The molecule has 7 rings (SSSR count). The normalized spacial score (nSPS) is 28.1. The Balaban J connectivity index is 1.14. The molecule has 1 saturated carbocycles. The third-order valence-corrected chi connectivity index (χ3v) is 8.21. The van der Waals surface area contributed by atoms with E-state index in [0.717, 1.165) is 38.5 Å². The summed E-state index contributed by atoms with van der Waals surface area (Å²) in [5.74, 6) is 1.77. The average Bonchev–Trinajstić information content (AvgIpc) is 3.77. The van der Waals surface area contributed by atoms with E-state index in [1.165, 1.54) is 0 Å². The fourth-order valence-corrected chi connectivity index (χ4v) is 6.18. The Morgan fingerprint density at radius 2 is 1.95 bits per heavy atom. The predicted molar refractivity (Wildman–Crippen MR) is 137 cm³/mol. The number of piperidine rings is 2. The summed E-state index contributed by atoms with van der Waals surface area (Å²) in [5, 5.41) is 31.4. The van der Waals surface area contributed by atoms with Gasteiger partial charge in [0.05, 0.1) is 23.5 Å². The van der Waals surface area contributed by atoms with Gasteiger partial charge in [0.25, 0.3) is 5.88 Å². The second kappa shape index (κ2) is 9.00. The zero-order valence-corrected chi connectivity index (χ0v) is 21.2. The molecule has 1 aromatic carbocycles. The van der Waals surface area contributed by atoms with Gasteiger partial charge in [0, 0.05) is 29.3 Å². The largest absolute Gasteiger partial charge is 0.507 e. The maximum atomic E-state index is 15.9. The van der Waals surface area contributed by atoms with E-state index in [0.29, 0.717) is 59.3 Å². The molecule has 2 bridgehead atoms. The van der Waals surface area contributed by atoms with E-state index in [-0.39, 0.29) is 17.8 Å². The van der Waals surface area contributed by atoms with Crippen LogP contribution in [0.4, 0.5) is 10.2 Å². The molecular formula is C27H30FN7O3. The van der Waals surface area contributed by atoms with Crippen molar-refractivity contribution in [2.75, 3.05) is 18.1 Å². The van der Waals surface area contributed by atoms with Crippen LogP contribution >= 0.6 is 0 Å². The fourth-order valence-electron chi connectivity index (χ4n) is 6.18. The number of phenols is 1. The van der Waals surface area contributed by atoms with Gasteiger partial charge in [-0.15, -0.1) is 20.4 Å². The monoisotopic (exact) mass is 519 g/mol. The second-order valence-electron chi connectivity index (χ2n) is 11.0. The van der Waals surface area contributed by atoms with Crippen molar-refractivity contribution in [3.8, 4) is 40.0 Å². The zero-order valence-electron chi connectivity index (χ0n) is 21.2. The van der Waals surface area contributed by atoms with Crippen molar-refractivity contribution >= 4 is 5.82 Å². The van der Waals surface area contributed by atoms with Crippen molar-refractivity contribution < 1.29 is 19.0 Å². The minimum atomic E-state index is -0.999. The number of aromatic hydroxyl groups is 1. The van der Waals surface area contributed by atoms with E-state index in [2.05, 4.69) is 35.6 Å². The van der Waals surface area contributed by atoms with E-state index in [1.807, 2.05) is 13.0 Å². The minimum absolute atomic E-state index is 0.00397. The van der Waals surface area contributed by atoms with Crippen molar-refractivity contribution in [2.24, 2.45) is 0 Å². The van der Waals surface area contributed by atoms with Crippen molar-refractivity contribution in [3.05, 3.63) is 30.5 Å². The standard InChI is InChI=1S/C27H30FN7O3/c1-27-8-2-3-16(30-27)12-20(24(27)28)35(17-5-6-17)23-14-29-25(33-32-23)18-7-4-15(11-21(18)36)19-13-22-26(34-31-19)38-10-9-37-22/h4,7,11,13-14,16-17,20,24,30,36H,2-3,5-6,8-10,12H2,1H3/t16-,20-,24-,27+/m0/s1. The maximum absolute atomic E-state index is 15.9. The lowest BCUT2D eigenvalue weighted by Crippen LogP contribution is -2.69. The number of phenolic OH excluding ortho intramolecular Hbond substituents is 1. The van der Waals surface area contributed by atoms with Crippen LogP contribution in [0.1, 0.15) is 45.4 Å². The molecular weight excluding hydrogens is 489 g/mol. The molecule has 3 aromatic rings. The predicted octanol–water partition coefficient (Wildman–Crippen LogP) is 3.45. The summed E-state index contributed by atoms with van der Waals surface area (Å²) in [6.45, 7) is 2.90. The average molecular weight is 520 g/mol. The molecule has 3 aliphatic heterocycles. The molecule has 5 heterocycles. The molecule has 0 unspecified atom stereocenters. The number of alkyl halides is 1. The van der Waals surface area contributed by atoms with Crippen LogP contribution in [-0.4, -0.2) is 73.5 Å². The van der Waals surface area contributed by atoms with Crippen LogP contribution in [0, 0.1) is 0 Å². The molecule has 4 atom stereocenters. The van der Waals surface area contributed by atoms with Crippen LogP contribution in [0.2, 0.25) is 0 Å². The number of hydrogen-bond donors (Lipinski definition) is 2. The highest BCUT2D eigenvalue weighted by Crippen LogP contribution is 2.43. The number of nitrogens with one attached hydrogen (secondary N) is 1. The first-order valence-electron chi connectivity index (χ1n) is 13.4. The fraction of sp³-hybridized carbons (Fsp3) is 0.519. The molecule has 11 heteroatoms. The number of ether oxygens (including phenoxy) is 2. The zero-order chi connectivity index (χ0) is 25.9. The number of benzene rings is 1. The van der Waals surface area contributed by atoms with Gasteiger partial charge in [0.15, 0.2) is 17.4 Å². The number of rotatable bonds is 5. The van der Waals surface area contributed by atoms with Gasteiger partial charge in [-0.3, -0.25) is 0 Å². The smallest absolute Gasteiger partial charge is 0.276 e. The van der Waals surface area contributed by atoms with Gasteiger partial charge in [0.1, 0.15) is 25.1 Å². The molecule has 4 aliphatic rings. The molecule has 2 saturated heterocycles. The number of hydrogen-bond acceptors (Lipinski definition) is 10. The van der Waals surface area contributed by atoms with Gasteiger partial charge in [-0.25, -0.2) is 9.37 Å². The molecule has 2 aromatic heterocycles. The Morgan fingerprint density at radius 1 is 1.08 bits per heavy atom. The Labute approximate surface area is 219 Å². The topological polar surface area (TPSA) is 118 Å². The Morgan fingerprint density at radius 3 is 2.74 bits per heavy atom. The van der Waals surface area contributed by atoms with Crippen LogP contribution < -0.4 is 19.7 Å². The Hall–Kier alpha value is -3.60. The minimum Gasteiger partial charge on any atom is -0.507 e. The van der Waals surface area contributed by atoms with Gasteiger partial charge in [-0.2, -0.15) is 0 Å². The van der Waals surface area contributed by atoms with Gasteiger partial charge in [0.2, 0.25) is 0 Å². The van der Waals surface area contributed by atoms with Crippen LogP contribution in [-0.2, 0) is 0 Å². The summed E-state index contributed by atoms with van der Waals surface area (Å²) in [6, 6.07) is 7.20. The lowest BCUT2D eigenvalue weighted by Gasteiger charge is -2.52. The van der Waals surface area contributed by atoms with Crippen molar-refractivity contribution in [1.29, 1.82) is 0 Å².